The van der Waals surface area contributed by atoms with Crippen LogP contribution >= 0.6 is 0 Å². The summed E-state index contributed by atoms with van der Waals surface area (Å²) < 4.78 is 5.03. The Bertz CT molecular complexity index is 73.9. The molecule has 0 aliphatic carbocycles. The zero-order valence-electron chi connectivity index (χ0n) is 12.3. The Morgan fingerprint density at radius 3 is 1.47 bits per heavy atom. The predicted octanol–water partition coefficient (Wildman–Crippen LogP) is 4.89. The van der Waals surface area contributed by atoms with Crippen LogP contribution in [0.1, 0.15) is 41.5 Å². The van der Waals surface area contributed by atoms with Crippen LogP contribution in [0.4, 0.5) is 0 Å². The van der Waals surface area contributed by atoms with Crippen molar-refractivity contribution in [3.05, 3.63) is 28.7 Å². The Balaban J connectivity index is -0.0000000202. The minimum absolute atomic E-state index is 0. The second-order valence-electron chi connectivity index (χ2n) is 3.69. The van der Waals surface area contributed by atoms with Crippen molar-refractivity contribution in [1.29, 1.82) is 0 Å². The molecule has 0 N–H and O–H groups in total. The van der Waals surface area contributed by atoms with Gasteiger partial charge < -0.3 is 33.4 Å². The molecule has 0 saturated carbocycles. The molecule has 0 aromatic rings. The first kappa shape index (κ1) is 42.7. The second kappa shape index (κ2) is 36.2. The molecule has 0 unspecified atom stereocenters. The maximum Gasteiger partial charge on any atom is 0.0432 e. The monoisotopic (exact) mass is 396 g/mol. The van der Waals surface area contributed by atoms with Crippen LogP contribution in [0.2, 0.25) is 0 Å². The normalized spacial score (nSPS) is 7.06. The largest absolute Gasteiger partial charge is 0.413 e. The summed E-state index contributed by atoms with van der Waals surface area (Å²) in [6.45, 7) is 17.2. The van der Waals surface area contributed by atoms with E-state index in [1.54, 1.807) is 0 Å². The fourth-order valence-electron chi connectivity index (χ4n) is 0.421. The average molecular weight is 396 g/mol. The van der Waals surface area contributed by atoms with E-state index in [2.05, 4.69) is 41.5 Å². The molecule has 3 heteroatoms. The van der Waals surface area contributed by atoms with Crippen molar-refractivity contribution in [2.24, 2.45) is 11.8 Å². The van der Waals surface area contributed by atoms with Crippen LogP contribution < -0.4 is 0 Å². The molecule has 0 aromatic carbocycles. The van der Waals surface area contributed by atoms with E-state index < -0.39 is 0 Å². The molecular weight excluding hydrogens is 362 g/mol. The smallest absolute Gasteiger partial charge is 0.0432 e. The van der Waals surface area contributed by atoms with Crippen LogP contribution in [-0.2, 0) is 70.2 Å². The van der Waals surface area contributed by atoms with Crippen LogP contribution in [-0.4, -0.2) is 13.2 Å². The van der Waals surface area contributed by atoms with Crippen LogP contribution in [0, 0.1) is 40.5 Å². The summed E-state index contributed by atoms with van der Waals surface area (Å²) in [5, 5.41) is 0. The molecule has 0 atom stereocenters. The zero-order valence-corrected chi connectivity index (χ0v) is 17.9. The van der Waals surface area contributed by atoms with Crippen molar-refractivity contribution in [3.8, 4) is 0 Å². The topological polar surface area (TPSA) is 9.23 Å². The van der Waals surface area contributed by atoms with Gasteiger partial charge in [-0.05, 0) is 12.3 Å². The molecule has 0 rings (SSSR count). The summed E-state index contributed by atoms with van der Waals surface area (Å²) in [6.07, 6.45) is 1.15. The van der Waals surface area contributed by atoms with Gasteiger partial charge in [0.2, 0.25) is 0 Å². The van der Waals surface area contributed by atoms with Crippen LogP contribution in [0.3, 0.4) is 0 Å². The third-order valence-electron chi connectivity index (χ3n) is 0.984. The van der Waals surface area contributed by atoms with E-state index >= 15 is 0 Å². The van der Waals surface area contributed by atoms with E-state index in [1.807, 2.05) is 0 Å². The minimum Gasteiger partial charge on any atom is -0.413 e. The van der Waals surface area contributed by atoms with Gasteiger partial charge in [0.15, 0.2) is 0 Å². The van der Waals surface area contributed by atoms with Gasteiger partial charge in [0.05, 0.1) is 0 Å². The summed E-state index contributed by atoms with van der Waals surface area (Å²) in [5.41, 5.74) is 0. The zero-order chi connectivity index (χ0) is 9.98. The van der Waals surface area contributed by atoms with Crippen molar-refractivity contribution in [2.75, 3.05) is 13.2 Å². The molecule has 17 heavy (non-hydrogen) atoms. The maximum absolute atomic E-state index is 5.03. The van der Waals surface area contributed by atoms with Gasteiger partial charge in [-0.15, -0.1) is 0 Å². The first-order valence-electron chi connectivity index (χ1n) is 4.70. The van der Waals surface area contributed by atoms with Gasteiger partial charge in [-0.3, -0.25) is 0 Å². The van der Waals surface area contributed by atoms with Crippen molar-refractivity contribution in [2.45, 2.75) is 41.5 Å². The van der Waals surface area contributed by atoms with E-state index in [1.165, 1.54) is 0 Å². The Labute approximate surface area is 163 Å². The van der Waals surface area contributed by atoms with Gasteiger partial charge >= 0.3 is 0 Å². The van der Waals surface area contributed by atoms with Crippen molar-refractivity contribution >= 4 is 0 Å². The molecule has 0 spiro atoms. The first-order valence-corrected chi connectivity index (χ1v) is 4.70. The molecular formula is C14H34OY2-4. The van der Waals surface area contributed by atoms with Crippen molar-refractivity contribution < 1.29 is 70.2 Å². The fourth-order valence-corrected chi connectivity index (χ4v) is 0.421. The van der Waals surface area contributed by atoms with E-state index in [9.17, 15) is 0 Å². The maximum atomic E-state index is 5.03. The number of rotatable bonds is 4. The van der Waals surface area contributed by atoms with Crippen LogP contribution in [0.25, 0.3) is 0 Å². The van der Waals surface area contributed by atoms with Gasteiger partial charge in [-0.1, -0.05) is 41.7 Å². The van der Waals surface area contributed by atoms with Gasteiger partial charge in [-0.25, -0.2) is 0 Å². The summed E-state index contributed by atoms with van der Waals surface area (Å²) in [4.78, 5) is 0. The summed E-state index contributed by atoms with van der Waals surface area (Å²) in [7, 11) is 0. The molecule has 1 nitrogen and oxygen atoms in total. The summed E-state index contributed by atoms with van der Waals surface area (Å²) in [5.74, 6) is 1.33. The second-order valence-corrected chi connectivity index (χ2v) is 3.69. The predicted molar refractivity (Wildman–Crippen MR) is 75.4 cm³/mol. The average Bonchev–Trinajstić information content (AvgIpc) is 1.86. The first-order chi connectivity index (χ1) is 5.50. The molecule has 0 aliphatic rings. The van der Waals surface area contributed by atoms with E-state index in [0.717, 1.165) is 18.9 Å². The summed E-state index contributed by atoms with van der Waals surface area (Å²) >= 11 is 0. The molecule has 2 radical (unpaired) electrons. The number of hydrogen-bond donors (Lipinski definition) is 0. The SMILES string of the molecule is C.[CH2-]C(C)C.[CH2-]COCCC(C)C.[CH3-].[CH3-].[Y].[Y]. The van der Waals surface area contributed by atoms with E-state index in [-0.39, 0.29) is 87.7 Å². The number of ether oxygens (including phenoxy) is 1. The molecule has 0 fully saturated rings. The third kappa shape index (κ3) is 92.4. The van der Waals surface area contributed by atoms with E-state index in [0.29, 0.717) is 12.5 Å². The van der Waals surface area contributed by atoms with Gasteiger partial charge in [0, 0.05) is 72.0 Å². The quantitative estimate of drug-likeness (QED) is 0.486. The Kier molecular flexibility index (Phi) is 90.9. The molecule has 0 amide bonds. The Hall–Kier alpha value is 2.17. The van der Waals surface area contributed by atoms with Crippen LogP contribution in [0.15, 0.2) is 0 Å². The molecule has 0 saturated heterocycles. The number of hydrogen-bond acceptors (Lipinski definition) is 1. The molecule has 0 aromatic heterocycles. The Morgan fingerprint density at radius 2 is 1.29 bits per heavy atom. The van der Waals surface area contributed by atoms with Gasteiger partial charge in [-0.2, -0.15) is 5.92 Å². The van der Waals surface area contributed by atoms with Crippen LogP contribution in [0.5, 0.6) is 0 Å². The molecule has 0 bridgehead atoms. The third-order valence-corrected chi connectivity index (χ3v) is 0.984. The summed E-state index contributed by atoms with van der Waals surface area (Å²) in [6, 6.07) is 0. The molecule has 106 valence electrons. The van der Waals surface area contributed by atoms with Crippen molar-refractivity contribution in [3.63, 3.8) is 0 Å². The molecule has 0 aliphatic heterocycles. The minimum atomic E-state index is 0. The Morgan fingerprint density at radius 1 is 1.00 bits per heavy atom. The fraction of sp³-hybridized carbons (Fsp3) is 0.714. The van der Waals surface area contributed by atoms with Gasteiger partial charge in [0.1, 0.15) is 0 Å². The standard InChI is InChI=1S/C7H15O.C4H9.CH4.2CH3.2Y/c1-4-8-6-5-7(2)3;1-4(2)3;;;;;/h7H,1,4-6H2,2-3H3;4H,1H2,2-3H3;1H4;2*1H3;;/q2*-1;;2*-1;;. The van der Waals surface area contributed by atoms with Crippen molar-refractivity contribution in [1.82, 2.24) is 0 Å². The van der Waals surface area contributed by atoms with E-state index in [4.69, 9.17) is 4.74 Å². The van der Waals surface area contributed by atoms with Gasteiger partial charge in [0.25, 0.3) is 0 Å². The molecule has 0 heterocycles.